The average Bonchev–Trinajstić information content (AvgIpc) is 2.97. The number of anilines is 2. The maximum absolute atomic E-state index is 13.0. The van der Waals surface area contributed by atoms with Crippen molar-refractivity contribution < 1.29 is 32.3 Å². The van der Waals surface area contributed by atoms with Gasteiger partial charge < -0.3 is 10.1 Å². The second-order valence-corrected chi connectivity index (χ2v) is 7.25. The van der Waals surface area contributed by atoms with Crippen LogP contribution in [-0.2, 0) is 20.5 Å². The van der Waals surface area contributed by atoms with Gasteiger partial charge in [0.05, 0.1) is 23.4 Å². The van der Waals surface area contributed by atoms with E-state index in [-0.39, 0.29) is 11.4 Å². The summed E-state index contributed by atoms with van der Waals surface area (Å²) < 4.78 is 44.1. The number of nitrogens with zero attached hydrogens (tertiary/aromatic N) is 1. The lowest BCUT2D eigenvalue weighted by molar-refractivity contribution is -0.137. The molecule has 2 aromatic rings. The average molecular weight is 467 g/mol. The van der Waals surface area contributed by atoms with E-state index in [2.05, 4.69) is 5.32 Å². The largest absolute Gasteiger partial charge is 0.462 e. The van der Waals surface area contributed by atoms with Crippen molar-refractivity contribution in [3.05, 3.63) is 70.4 Å². The molecule has 2 amide bonds. The minimum Gasteiger partial charge on any atom is -0.462 e. The molecule has 0 aromatic heterocycles. The van der Waals surface area contributed by atoms with E-state index in [1.165, 1.54) is 30.3 Å². The van der Waals surface area contributed by atoms with Gasteiger partial charge in [-0.2, -0.15) is 13.2 Å². The predicted molar refractivity (Wildman–Crippen MR) is 112 cm³/mol. The van der Waals surface area contributed by atoms with Crippen molar-refractivity contribution in [1.29, 1.82) is 0 Å². The standard InChI is InChI=1S/C22H18ClF3N2O4/c1-2-3-11-32-21(31)13-7-9-15(10-8-13)27-18-17(23)19(29)28(20(18)30)16-6-4-5-14(12-16)22(24,25)26/h4-10,12,27H,2-3,11H2,1H3. The number of esters is 1. The molecule has 6 nitrogen and oxygen atoms in total. The van der Waals surface area contributed by atoms with Crippen molar-refractivity contribution >= 4 is 40.8 Å². The Morgan fingerprint density at radius 1 is 1.09 bits per heavy atom. The molecule has 32 heavy (non-hydrogen) atoms. The van der Waals surface area contributed by atoms with Gasteiger partial charge in [0, 0.05) is 5.69 Å². The van der Waals surface area contributed by atoms with Crippen LogP contribution in [-0.4, -0.2) is 24.4 Å². The van der Waals surface area contributed by atoms with E-state index in [9.17, 15) is 27.6 Å². The number of benzene rings is 2. The number of imide groups is 1. The van der Waals surface area contributed by atoms with Gasteiger partial charge in [-0.3, -0.25) is 9.59 Å². The van der Waals surface area contributed by atoms with E-state index in [1.54, 1.807) is 0 Å². The molecule has 168 valence electrons. The fourth-order valence-corrected chi connectivity index (χ4v) is 3.11. The van der Waals surface area contributed by atoms with Gasteiger partial charge in [0.2, 0.25) is 0 Å². The third kappa shape index (κ3) is 4.94. The molecular weight excluding hydrogens is 449 g/mol. The molecule has 0 bridgehead atoms. The van der Waals surface area contributed by atoms with Crippen LogP contribution in [0.5, 0.6) is 0 Å². The summed E-state index contributed by atoms with van der Waals surface area (Å²) in [5, 5.41) is 2.23. The number of rotatable bonds is 7. The zero-order valence-corrected chi connectivity index (χ0v) is 17.6. The molecule has 0 fully saturated rings. The van der Waals surface area contributed by atoms with Crippen LogP contribution in [0, 0.1) is 0 Å². The number of alkyl halides is 3. The molecule has 1 N–H and O–H groups in total. The monoisotopic (exact) mass is 466 g/mol. The number of hydrogen-bond donors (Lipinski definition) is 1. The highest BCUT2D eigenvalue weighted by atomic mass is 35.5. The molecule has 0 saturated heterocycles. The molecule has 2 aromatic carbocycles. The Hall–Kier alpha value is -3.33. The van der Waals surface area contributed by atoms with Crippen molar-refractivity contribution in [2.45, 2.75) is 25.9 Å². The summed E-state index contributed by atoms with van der Waals surface area (Å²) in [4.78, 5) is 37.8. The summed E-state index contributed by atoms with van der Waals surface area (Å²) in [6.07, 6.45) is -3.01. The Labute approximate surface area is 186 Å². The van der Waals surface area contributed by atoms with Crippen LogP contribution in [0.15, 0.2) is 59.3 Å². The first kappa shape index (κ1) is 23.3. The van der Waals surface area contributed by atoms with Crippen LogP contribution in [0.3, 0.4) is 0 Å². The smallest absolute Gasteiger partial charge is 0.416 e. The van der Waals surface area contributed by atoms with Gasteiger partial charge in [-0.15, -0.1) is 0 Å². The third-order valence-corrected chi connectivity index (χ3v) is 4.93. The fraction of sp³-hybridized carbons (Fsp3) is 0.227. The SMILES string of the molecule is CCCCOC(=O)c1ccc(NC2=C(Cl)C(=O)N(c3cccc(C(F)(F)F)c3)C2=O)cc1. The van der Waals surface area contributed by atoms with Gasteiger partial charge in [-0.25, -0.2) is 9.69 Å². The quantitative estimate of drug-likeness (QED) is 0.349. The van der Waals surface area contributed by atoms with Crippen LogP contribution in [0.1, 0.15) is 35.7 Å². The highest BCUT2D eigenvalue weighted by Crippen LogP contribution is 2.35. The zero-order valence-electron chi connectivity index (χ0n) is 16.8. The summed E-state index contributed by atoms with van der Waals surface area (Å²) in [5.74, 6) is -2.35. The first-order chi connectivity index (χ1) is 15.1. The van der Waals surface area contributed by atoms with Crippen molar-refractivity contribution in [2.24, 2.45) is 0 Å². The van der Waals surface area contributed by atoms with Gasteiger partial charge >= 0.3 is 12.1 Å². The van der Waals surface area contributed by atoms with Crippen LogP contribution >= 0.6 is 11.6 Å². The number of ether oxygens (including phenoxy) is 1. The second-order valence-electron chi connectivity index (χ2n) is 6.87. The first-order valence-electron chi connectivity index (χ1n) is 9.63. The van der Waals surface area contributed by atoms with Crippen LogP contribution < -0.4 is 10.2 Å². The van der Waals surface area contributed by atoms with E-state index >= 15 is 0 Å². The molecular formula is C22H18ClF3N2O4. The lowest BCUT2D eigenvalue weighted by Gasteiger charge is -2.17. The Bertz CT molecular complexity index is 1080. The summed E-state index contributed by atoms with van der Waals surface area (Å²) >= 11 is 6.01. The topological polar surface area (TPSA) is 75.7 Å². The number of halogens is 4. The predicted octanol–water partition coefficient (Wildman–Crippen LogP) is 5.10. The number of amides is 2. The Kier molecular flexibility index (Phi) is 6.88. The lowest BCUT2D eigenvalue weighted by atomic mass is 10.2. The molecule has 0 radical (unpaired) electrons. The van der Waals surface area contributed by atoms with Gasteiger partial charge in [0.15, 0.2) is 0 Å². The highest BCUT2D eigenvalue weighted by molar-refractivity contribution is 6.53. The van der Waals surface area contributed by atoms with Crippen molar-refractivity contribution in [1.82, 2.24) is 0 Å². The van der Waals surface area contributed by atoms with Crippen LogP contribution in [0.25, 0.3) is 0 Å². The van der Waals surface area contributed by atoms with Crippen LogP contribution in [0.4, 0.5) is 24.5 Å². The summed E-state index contributed by atoms with van der Waals surface area (Å²) in [6.45, 7) is 2.27. The Balaban J connectivity index is 1.76. The van der Waals surface area contributed by atoms with Gasteiger partial charge in [0.25, 0.3) is 11.8 Å². The highest BCUT2D eigenvalue weighted by Gasteiger charge is 2.40. The number of carbonyl (C=O) groups is 3. The molecule has 0 unspecified atom stereocenters. The second kappa shape index (κ2) is 9.44. The van der Waals surface area contributed by atoms with Gasteiger partial charge in [-0.1, -0.05) is 31.0 Å². The lowest BCUT2D eigenvalue weighted by Crippen LogP contribution is -2.32. The van der Waals surface area contributed by atoms with E-state index in [1.807, 2.05) is 6.92 Å². The number of unbranched alkanes of at least 4 members (excludes halogenated alkanes) is 1. The van der Waals surface area contributed by atoms with Crippen LogP contribution in [0.2, 0.25) is 0 Å². The maximum atomic E-state index is 13.0. The molecule has 1 heterocycles. The normalized spacial score (nSPS) is 14.2. The molecule has 3 rings (SSSR count). The molecule has 0 spiro atoms. The van der Waals surface area contributed by atoms with Crippen molar-refractivity contribution in [3.63, 3.8) is 0 Å². The minimum absolute atomic E-state index is 0.255. The molecule has 0 atom stereocenters. The van der Waals surface area contributed by atoms with Crippen molar-refractivity contribution in [2.75, 3.05) is 16.8 Å². The third-order valence-electron chi connectivity index (χ3n) is 4.58. The molecule has 1 aliphatic heterocycles. The van der Waals surface area contributed by atoms with Gasteiger partial charge in [0.1, 0.15) is 10.7 Å². The number of nitrogens with one attached hydrogen (secondary N) is 1. The summed E-state index contributed by atoms with van der Waals surface area (Å²) in [7, 11) is 0. The summed E-state index contributed by atoms with van der Waals surface area (Å²) in [6, 6.07) is 9.73. The van der Waals surface area contributed by atoms with E-state index in [4.69, 9.17) is 16.3 Å². The van der Waals surface area contributed by atoms with Gasteiger partial charge in [-0.05, 0) is 48.9 Å². The maximum Gasteiger partial charge on any atom is 0.416 e. The number of carbonyl (C=O) groups excluding carboxylic acids is 3. The first-order valence-corrected chi connectivity index (χ1v) is 10.0. The molecule has 1 aliphatic rings. The molecule has 0 aliphatic carbocycles. The van der Waals surface area contributed by atoms with E-state index < -0.39 is 34.6 Å². The van der Waals surface area contributed by atoms with E-state index in [0.29, 0.717) is 28.8 Å². The fourth-order valence-electron chi connectivity index (χ4n) is 2.89. The van der Waals surface area contributed by atoms with E-state index in [0.717, 1.165) is 25.0 Å². The Morgan fingerprint density at radius 3 is 2.41 bits per heavy atom. The Morgan fingerprint density at radius 2 is 1.78 bits per heavy atom. The number of hydrogen-bond acceptors (Lipinski definition) is 5. The molecule has 10 heteroatoms. The molecule has 0 saturated carbocycles. The zero-order chi connectivity index (χ0) is 23.5. The summed E-state index contributed by atoms with van der Waals surface area (Å²) in [5.41, 5.74) is -0.904. The van der Waals surface area contributed by atoms with Crippen molar-refractivity contribution in [3.8, 4) is 0 Å². The minimum atomic E-state index is -4.64.